The largest absolute Gasteiger partial charge is 0.378 e. The Hall–Kier alpha value is -3.88. The Morgan fingerprint density at radius 2 is 2.06 bits per heavy atom. The highest BCUT2D eigenvalue weighted by molar-refractivity contribution is 6.05. The molecular formula is C24H24N6O3. The maximum Gasteiger partial charge on any atom is 0.225 e. The van der Waals surface area contributed by atoms with Crippen molar-refractivity contribution in [3.8, 4) is 0 Å². The highest BCUT2D eigenvalue weighted by Crippen LogP contribution is 2.33. The Morgan fingerprint density at radius 1 is 1.21 bits per heavy atom. The van der Waals surface area contributed by atoms with Crippen LogP contribution in [0.25, 0.3) is 0 Å². The first-order valence-electron chi connectivity index (χ1n) is 10.9. The zero-order valence-electron chi connectivity index (χ0n) is 18.8. The molecule has 0 fully saturated rings. The number of rotatable bonds is 6. The smallest absolute Gasteiger partial charge is 0.225 e. The summed E-state index contributed by atoms with van der Waals surface area (Å²) >= 11 is 0. The van der Waals surface area contributed by atoms with Gasteiger partial charge >= 0.3 is 0 Å². The van der Waals surface area contributed by atoms with Gasteiger partial charge in [0, 0.05) is 56.6 Å². The molecule has 2 aliphatic rings. The number of anilines is 2. The number of benzene rings is 1. The number of aliphatic imine (C=N–C) groups is 1. The van der Waals surface area contributed by atoms with Crippen molar-refractivity contribution in [2.45, 2.75) is 38.5 Å². The number of hydrogen-bond acceptors (Lipinski definition) is 8. The lowest BCUT2D eigenvalue weighted by atomic mass is 9.95. The van der Waals surface area contributed by atoms with Gasteiger partial charge in [-0.2, -0.15) is 0 Å². The second kappa shape index (κ2) is 8.23. The molecule has 1 N–H and O–H groups in total. The molecule has 5 rings (SSSR count). The van der Waals surface area contributed by atoms with E-state index in [0.29, 0.717) is 47.8 Å². The van der Waals surface area contributed by atoms with Crippen molar-refractivity contribution in [3.63, 3.8) is 0 Å². The molecule has 9 heteroatoms. The topological polar surface area (TPSA) is 114 Å². The molecule has 0 unspecified atom stereocenters. The number of hydrogen-bond donors (Lipinski definition) is 1. The molecule has 2 aliphatic heterocycles. The number of Topliss-reactive ketones (excluding diaryl/α,β-unsaturated/α-hetero) is 1. The van der Waals surface area contributed by atoms with Crippen LogP contribution < -0.4 is 10.2 Å². The summed E-state index contributed by atoms with van der Waals surface area (Å²) < 4.78 is 5.58. The van der Waals surface area contributed by atoms with Crippen LogP contribution in [0.4, 0.5) is 17.2 Å². The molecule has 1 amide bonds. The molecule has 0 aliphatic carbocycles. The summed E-state index contributed by atoms with van der Waals surface area (Å²) in [6, 6.07) is 8.07. The van der Waals surface area contributed by atoms with E-state index in [0.717, 1.165) is 22.6 Å². The van der Waals surface area contributed by atoms with Crippen molar-refractivity contribution < 1.29 is 14.1 Å². The number of carbonyl (C=O) groups is 2. The normalized spacial score (nSPS) is 15.4. The molecule has 4 heterocycles. The molecule has 9 nitrogen and oxygen atoms in total. The van der Waals surface area contributed by atoms with Gasteiger partial charge in [0.25, 0.3) is 0 Å². The van der Waals surface area contributed by atoms with Gasteiger partial charge in [0.05, 0.1) is 11.4 Å². The summed E-state index contributed by atoms with van der Waals surface area (Å²) in [5.41, 5.74) is 5.84. The molecule has 0 saturated carbocycles. The number of carbonyl (C=O) groups excluding carboxylic acids is 2. The third-order valence-corrected chi connectivity index (χ3v) is 6.06. The van der Waals surface area contributed by atoms with Crippen LogP contribution in [-0.2, 0) is 17.6 Å². The minimum Gasteiger partial charge on any atom is -0.378 e. The first kappa shape index (κ1) is 21.0. The zero-order valence-corrected chi connectivity index (χ0v) is 18.8. The third kappa shape index (κ3) is 4.02. The van der Waals surface area contributed by atoms with Crippen LogP contribution in [0.3, 0.4) is 0 Å². The van der Waals surface area contributed by atoms with Crippen LogP contribution in [0.2, 0.25) is 0 Å². The fourth-order valence-electron chi connectivity index (χ4n) is 4.18. The highest BCUT2D eigenvalue weighted by atomic mass is 16.5. The summed E-state index contributed by atoms with van der Waals surface area (Å²) in [6.45, 7) is 1.92. The van der Waals surface area contributed by atoms with E-state index >= 15 is 0 Å². The molecule has 33 heavy (non-hydrogen) atoms. The van der Waals surface area contributed by atoms with Crippen LogP contribution in [0.5, 0.6) is 0 Å². The molecule has 3 aromatic rings. The molecule has 0 bridgehead atoms. The fourth-order valence-corrected chi connectivity index (χ4v) is 4.18. The Labute approximate surface area is 190 Å². The van der Waals surface area contributed by atoms with E-state index in [4.69, 9.17) is 9.52 Å². The van der Waals surface area contributed by atoms with Crippen molar-refractivity contribution in [2.75, 3.05) is 24.3 Å². The minimum absolute atomic E-state index is 0.0999. The van der Waals surface area contributed by atoms with E-state index in [1.54, 1.807) is 0 Å². The zero-order chi connectivity index (χ0) is 23.1. The summed E-state index contributed by atoms with van der Waals surface area (Å²) in [4.78, 5) is 39.7. The van der Waals surface area contributed by atoms with Gasteiger partial charge in [-0.3, -0.25) is 14.6 Å². The number of aromatic nitrogens is 3. The van der Waals surface area contributed by atoms with Crippen LogP contribution in [-0.4, -0.2) is 46.6 Å². The third-order valence-electron chi connectivity index (χ3n) is 6.06. The Balaban J connectivity index is 1.30. The number of amides is 1. The van der Waals surface area contributed by atoms with Gasteiger partial charge in [-0.05, 0) is 30.2 Å². The van der Waals surface area contributed by atoms with E-state index in [2.05, 4.69) is 31.4 Å². The van der Waals surface area contributed by atoms with E-state index < -0.39 is 0 Å². The Bertz CT molecular complexity index is 1290. The Morgan fingerprint density at radius 3 is 2.88 bits per heavy atom. The SMILES string of the molecule is C[C@@H](CC(=O)c1ncnc2c1CCC(=O)N2)c1cc(C2=Nc3ccc(N(C)C)cc3C2)no1. The average Bonchev–Trinajstić information content (AvgIpc) is 3.45. The van der Waals surface area contributed by atoms with Crippen LogP contribution in [0.1, 0.15) is 58.8 Å². The number of ketones is 1. The van der Waals surface area contributed by atoms with Crippen molar-refractivity contribution in [2.24, 2.45) is 4.99 Å². The fraction of sp³-hybridized carbons (Fsp3) is 0.333. The molecular weight excluding hydrogens is 420 g/mol. The van der Waals surface area contributed by atoms with E-state index in [1.807, 2.05) is 39.2 Å². The van der Waals surface area contributed by atoms with Crippen molar-refractivity contribution in [1.82, 2.24) is 15.1 Å². The van der Waals surface area contributed by atoms with Crippen LogP contribution in [0, 0.1) is 0 Å². The maximum absolute atomic E-state index is 13.0. The lowest BCUT2D eigenvalue weighted by Crippen LogP contribution is -2.23. The van der Waals surface area contributed by atoms with Crippen molar-refractivity contribution in [3.05, 3.63) is 58.9 Å². The Kier molecular flexibility index (Phi) is 5.24. The predicted molar refractivity (Wildman–Crippen MR) is 124 cm³/mol. The van der Waals surface area contributed by atoms with Gasteiger partial charge in [0.15, 0.2) is 5.78 Å². The van der Waals surface area contributed by atoms with Gasteiger partial charge < -0.3 is 14.7 Å². The quantitative estimate of drug-likeness (QED) is 0.579. The standard InChI is InChI=1S/C24H24N6O3/c1-13(8-20(31)23-16-5-7-22(32)28-24(16)26-12-25-23)21-11-19(29-33-21)18-10-14-9-15(30(2)3)4-6-17(14)27-18/h4,6,9,11-13H,5,7-8,10H2,1-3H3,(H,25,26,28,32)/t13-/m0/s1. The van der Waals surface area contributed by atoms with Gasteiger partial charge in [0.1, 0.15) is 29.3 Å². The number of nitrogens with zero attached hydrogens (tertiary/aromatic N) is 5. The van der Waals surface area contributed by atoms with E-state index in [9.17, 15) is 9.59 Å². The van der Waals surface area contributed by atoms with Crippen LogP contribution in [0.15, 0.2) is 40.1 Å². The van der Waals surface area contributed by atoms with E-state index in [-0.39, 0.29) is 24.0 Å². The summed E-state index contributed by atoms with van der Waals surface area (Å²) in [5.74, 6) is 0.652. The first-order valence-corrected chi connectivity index (χ1v) is 10.9. The first-order chi connectivity index (χ1) is 15.9. The lowest BCUT2D eigenvalue weighted by Gasteiger charge is -2.17. The van der Waals surface area contributed by atoms with E-state index in [1.165, 1.54) is 6.33 Å². The molecule has 1 atom stereocenters. The van der Waals surface area contributed by atoms with Crippen molar-refractivity contribution in [1.29, 1.82) is 0 Å². The van der Waals surface area contributed by atoms with Gasteiger partial charge in [-0.15, -0.1) is 0 Å². The molecule has 0 spiro atoms. The second-order valence-corrected chi connectivity index (χ2v) is 8.68. The summed E-state index contributed by atoms with van der Waals surface area (Å²) in [7, 11) is 4.02. The van der Waals surface area contributed by atoms with Crippen LogP contribution >= 0.6 is 0 Å². The predicted octanol–water partition coefficient (Wildman–Crippen LogP) is 3.47. The maximum atomic E-state index is 13.0. The molecule has 1 aromatic carbocycles. The molecule has 2 aromatic heterocycles. The van der Waals surface area contributed by atoms with Gasteiger partial charge in [-0.1, -0.05) is 12.1 Å². The highest BCUT2D eigenvalue weighted by Gasteiger charge is 2.26. The molecule has 0 saturated heterocycles. The van der Waals surface area contributed by atoms with Gasteiger partial charge in [-0.25, -0.2) is 9.97 Å². The lowest BCUT2D eigenvalue weighted by molar-refractivity contribution is -0.116. The van der Waals surface area contributed by atoms with Gasteiger partial charge in [0.2, 0.25) is 5.91 Å². The average molecular weight is 444 g/mol. The molecule has 168 valence electrons. The number of nitrogens with one attached hydrogen (secondary N) is 1. The molecule has 0 radical (unpaired) electrons. The minimum atomic E-state index is -0.188. The number of fused-ring (bicyclic) bond motifs is 2. The van der Waals surface area contributed by atoms with Crippen molar-refractivity contribution >= 4 is 34.6 Å². The summed E-state index contributed by atoms with van der Waals surface area (Å²) in [6.07, 6.45) is 2.99. The monoisotopic (exact) mass is 444 g/mol. The second-order valence-electron chi connectivity index (χ2n) is 8.68. The summed E-state index contributed by atoms with van der Waals surface area (Å²) in [5, 5.41) is 6.92.